The summed E-state index contributed by atoms with van der Waals surface area (Å²) in [6.07, 6.45) is 3.78. The number of hydrogen-bond acceptors (Lipinski definition) is 3. The SMILES string of the molecule is C=C=CP(=O)(OCCCC)OCCCC. The minimum atomic E-state index is -3.08. The van der Waals surface area contributed by atoms with Crippen molar-refractivity contribution in [3.63, 3.8) is 0 Å². The smallest absolute Gasteiger partial charge is 0.305 e. The predicted octanol–water partition coefficient (Wildman–Crippen LogP) is 4.11. The first-order valence-corrected chi connectivity index (χ1v) is 7.05. The molecule has 0 bridgehead atoms. The number of rotatable bonds is 9. The molecule has 0 rings (SSSR count). The van der Waals surface area contributed by atoms with Crippen LogP contribution in [0.3, 0.4) is 0 Å². The zero-order valence-electron chi connectivity index (χ0n) is 9.70. The van der Waals surface area contributed by atoms with Crippen LogP contribution in [0.4, 0.5) is 0 Å². The van der Waals surface area contributed by atoms with Crippen molar-refractivity contribution >= 4 is 7.60 Å². The molecule has 4 heteroatoms. The summed E-state index contributed by atoms with van der Waals surface area (Å²) in [5.41, 5.74) is 2.47. The molecule has 0 heterocycles. The summed E-state index contributed by atoms with van der Waals surface area (Å²) in [6.45, 7) is 8.40. The van der Waals surface area contributed by atoms with Crippen LogP contribution in [0.1, 0.15) is 39.5 Å². The highest BCUT2D eigenvalue weighted by Crippen LogP contribution is 2.49. The standard InChI is InChI=1S/C11H21O3P/c1-4-7-9-13-15(12,11-6-3)14-10-8-5-2/h11H,3-5,7-10H2,1-2H3. The van der Waals surface area contributed by atoms with Gasteiger partial charge in [-0.05, 0) is 12.8 Å². The van der Waals surface area contributed by atoms with Crippen LogP contribution in [0.2, 0.25) is 0 Å². The molecule has 0 radical (unpaired) electrons. The molecule has 0 unspecified atom stereocenters. The third-order valence-electron chi connectivity index (χ3n) is 1.79. The van der Waals surface area contributed by atoms with E-state index in [0.29, 0.717) is 13.2 Å². The monoisotopic (exact) mass is 232 g/mol. The van der Waals surface area contributed by atoms with Gasteiger partial charge in [0.1, 0.15) is 0 Å². The van der Waals surface area contributed by atoms with Gasteiger partial charge < -0.3 is 9.05 Å². The molecule has 88 valence electrons. The van der Waals surface area contributed by atoms with E-state index in [0.717, 1.165) is 25.7 Å². The van der Waals surface area contributed by atoms with Crippen molar-refractivity contribution in [2.75, 3.05) is 13.2 Å². The fourth-order valence-electron chi connectivity index (χ4n) is 0.896. The first-order valence-electron chi connectivity index (χ1n) is 5.44. The number of unbranched alkanes of at least 4 members (excludes halogenated alkanes) is 2. The second kappa shape index (κ2) is 8.94. The van der Waals surface area contributed by atoms with Crippen LogP contribution in [0, 0.1) is 0 Å². The largest absolute Gasteiger partial charge is 0.361 e. The van der Waals surface area contributed by atoms with Gasteiger partial charge in [-0.15, -0.1) is 5.73 Å². The molecule has 0 aliphatic rings. The summed E-state index contributed by atoms with van der Waals surface area (Å²) in [7, 11) is -3.08. The average molecular weight is 232 g/mol. The molecule has 0 fully saturated rings. The summed E-state index contributed by atoms with van der Waals surface area (Å²) in [5.74, 6) is 1.30. The van der Waals surface area contributed by atoms with E-state index in [9.17, 15) is 4.57 Å². The summed E-state index contributed by atoms with van der Waals surface area (Å²) in [5, 5.41) is 0. The Hall–Kier alpha value is -0.330. The summed E-state index contributed by atoms with van der Waals surface area (Å²) < 4.78 is 22.4. The van der Waals surface area contributed by atoms with Gasteiger partial charge in [0.25, 0.3) is 0 Å². The minimum absolute atomic E-state index is 0.456. The molecule has 0 aromatic heterocycles. The Kier molecular flexibility index (Phi) is 8.74. The second-order valence-corrected chi connectivity index (χ2v) is 5.10. The van der Waals surface area contributed by atoms with Crippen LogP contribution in [-0.2, 0) is 13.6 Å². The van der Waals surface area contributed by atoms with E-state index < -0.39 is 7.60 Å². The van der Waals surface area contributed by atoms with Gasteiger partial charge in [0.2, 0.25) is 0 Å². The molecule has 0 atom stereocenters. The molecule has 0 saturated heterocycles. The van der Waals surface area contributed by atoms with Crippen molar-refractivity contribution in [1.82, 2.24) is 0 Å². The molecule has 0 saturated carbocycles. The summed E-state index contributed by atoms with van der Waals surface area (Å²) in [6, 6.07) is 0. The fraction of sp³-hybridized carbons (Fsp3) is 0.727. The van der Waals surface area contributed by atoms with Gasteiger partial charge >= 0.3 is 7.60 Å². The summed E-state index contributed by atoms with van der Waals surface area (Å²) in [4.78, 5) is 0. The molecule has 0 aliphatic heterocycles. The first-order chi connectivity index (χ1) is 7.18. The van der Waals surface area contributed by atoms with Crippen LogP contribution < -0.4 is 0 Å². The van der Waals surface area contributed by atoms with E-state index >= 15 is 0 Å². The second-order valence-electron chi connectivity index (χ2n) is 3.25. The summed E-state index contributed by atoms with van der Waals surface area (Å²) >= 11 is 0. The quantitative estimate of drug-likeness (QED) is 0.341. The topological polar surface area (TPSA) is 35.5 Å². The van der Waals surface area contributed by atoms with Crippen LogP contribution in [-0.4, -0.2) is 13.2 Å². The van der Waals surface area contributed by atoms with Crippen molar-refractivity contribution in [2.24, 2.45) is 0 Å². The zero-order valence-corrected chi connectivity index (χ0v) is 10.6. The minimum Gasteiger partial charge on any atom is -0.305 e. The maximum atomic E-state index is 12.0. The zero-order chi connectivity index (χ0) is 11.6. The Labute approximate surface area is 92.7 Å². The Morgan fingerprint density at radius 3 is 2.00 bits per heavy atom. The predicted molar refractivity (Wildman–Crippen MR) is 63.0 cm³/mol. The van der Waals surface area contributed by atoms with Crippen molar-refractivity contribution in [1.29, 1.82) is 0 Å². The highest BCUT2D eigenvalue weighted by molar-refractivity contribution is 7.57. The van der Waals surface area contributed by atoms with E-state index in [1.165, 1.54) is 5.82 Å². The van der Waals surface area contributed by atoms with Gasteiger partial charge in [0.05, 0.1) is 19.0 Å². The third-order valence-corrected chi connectivity index (χ3v) is 3.37. The maximum absolute atomic E-state index is 12.0. The molecule has 0 aromatic carbocycles. The molecule has 0 spiro atoms. The Bertz CT molecular complexity index is 230. The molecule has 0 N–H and O–H groups in total. The average Bonchev–Trinajstić information content (AvgIpc) is 2.19. The molecule has 3 nitrogen and oxygen atoms in total. The Balaban J connectivity index is 4.07. The van der Waals surface area contributed by atoms with Crippen LogP contribution in [0.25, 0.3) is 0 Å². The van der Waals surface area contributed by atoms with Crippen molar-refractivity contribution < 1.29 is 13.6 Å². The van der Waals surface area contributed by atoms with Gasteiger partial charge in [-0.3, -0.25) is 4.57 Å². The molecule has 0 aromatic rings. The molecule has 0 aliphatic carbocycles. The van der Waals surface area contributed by atoms with Crippen LogP contribution in [0.15, 0.2) is 18.1 Å². The third kappa shape index (κ3) is 7.58. The van der Waals surface area contributed by atoms with E-state index in [1.54, 1.807) is 0 Å². The normalized spacial score (nSPS) is 11.1. The molecular weight excluding hydrogens is 211 g/mol. The first kappa shape index (κ1) is 14.7. The number of hydrogen-bond donors (Lipinski definition) is 0. The lowest BCUT2D eigenvalue weighted by Crippen LogP contribution is -1.97. The van der Waals surface area contributed by atoms with E-state index in [1.807, 2.05) is 0 Å². The van der Waals surface area contributed by atoms with Gasteiger partial charge in [-0.25, -0.2) is 0 Å². The van der Waals surface area contributed by atoms with Gasteiger partial charge in [0.15, 0.2) is 0 Å². The highest BCUT2D eigenvalue weighted by Gasteiger charge is 2.19. The van der Waals surface area contributed by atoms with E-state index in [2.05, 4.69) is 26.2 Å². The lowest BCUT2D eigenvalue weighted by atomic mass is 10.4. The van der Waals surface area contributed by atoms with Crippen LogP contribution in [0.5, 0.6) is 0 Å². The van der Waals surface area contributed by atoms with E-state index in [-0.39, 0.29) is 0 Å². The van der Waals surface area contributed by atoms with Crippen LogP contribution >= 0.6 is 7.60 Å². The Morgan fingerprint density at radius 1 is 1.20 bits per heavy atom. The van der Waals surface area contributed by atoms with Crippen molar-refractivity contribution in [3.05, 3.63) is 18.1 Å². The van der Waals surface area contributed by atoms with Gasteiger partial charge in [0, 0.05) is 0 Å². The fourth-order valence-corrected chi connectivity index (χ4v) is 2.11. The van der Waals surface area contributed by atoms with Gasteiger partial charge in [-0.2, -0.15) is 0 Å². The lowest BCUT2D eigenvalue weighted by molar-refractivity contribution is 0.208. The molecule has 0 amide bonds. The highest BCUT2D eigenvalue weighted by atomic mass is 31.2. The molecular formula is C11H21O3P. The van der Waals surface area contributed by atoms with Crippen molar-refractivity contribution in [3.8, 4) is 0 Å². The van der Waals surface area contributed by atoms with E-state index in [4.69, 9.17) is 9.05 Å². The van der Waals surface area contributed by atoms with Gasteiger partial charge in [-0.1, -0.05) is 33.3 Å². The Morgan fingerprint density at radius 2 is 1.67 bits per heavy atom. The maximum Gasteiger partial charge on any atom is 0.361 e. The van der Waals surface area contributed by atoms with Crippen molar-refractivity contribution in [2.45, 2.75) is 39.5 Å². The lowest BCUT2D eigenvalue weighted by Gasteiger charge is -2.13. The molecule has 15 heavy (non-hydrogen) atoms.